The number of methoxy groups -OCH3 is 1. The summed E-state index contributed by atoms with van der Waals surface area (Å²) < 4.78 is 22.3. The van der Waals surface area contributed by atoms with E-state index in [-0.39, 0.29) is 69.2 Å². The molecule has 3 aliphatic rings. The average molecular weight is 738 g/mol. The highest BCUT2D eigenvalue weighted by Crippen LogP contribution is 2.28. The molecule has 1 aromatic carbocycles. The van der Waals surface area contributed by atoms with Crippen LogP contribution in [0, 0.1) is 12.8 Å². The predicted molar refractivity (Wildman–Crippen MR) is 196 cm³/mol. The Bertz CT molecular complexity index is 1590. The maximum atomic E-state index is 14.0. The lowest BCUT2D eigenvalue weighted by atomic mass is 10.1. The van der Waals surface area contributed by atoms with E-state index < -0.39 is 24.0 Å². The van der Waals surface area contributed by atoms with Crippen LogP contribution < -0.4 is 10.1 Å². The van der Waals surface area contributed by atoms with Crippen LogP contribution in [0.2, 0.25) is 0 Å². The van der Waals surface area contributed by atoms with E-state index in [2.05, 4.69) is 10.3 Å². The molecule has 53 heavy (non-hydrogen) atoms. The Kier molecular flexibility index (Phi) is 14.7. The number of ether oxygens (including phenoxy) is 4. The average Bonchev–Trinajstić information content (AvgIpc) is 3.87. The Balaban J connectivity index is 1.29. The van der Waals surface area contributed by atoms with Gasteiger partial charge in [-0.2, -0.15) is 0 Å². The Morgan fingerprint density at radius 2 is 1.68 bits per heavy atom. The molecule has 1 aromatic heterocycles. The highest BCUT2D eigenvalue weighted by Gasteiger charge is 2.32. The molecule has 0 radical (unpaired) electrons. The Hall–Kier alpha value is -4.46. The summed E-state index contributed by atoms with van der Waals surface area (Å²) in [4.78, 5) is 75.9. The molecule has 3 heterocycles. The van der Waals surface area contributed by atoms with Gasteiger partial charge in [0.2, 0.25) is 5.91 Å². The summed E-state index contributed by atoms with van der Waals surface area (Å²) in [6.45, 7) is 6.56. The first kappa shape index (κ1) is 39.7. The zero-order valence-corrected chi connectivity index (χ0v) is 31.4. The number of unbranched alkanes of at least 4 members (excludes halogenated alkanes) is 1. The lowest BCUT2D eigenvalue weighted by Crippen LogP contribution is -2.56. The normalized spacial score (nSPS) is 18.2. The standard InChI is InChI=1S/C39H55N5O9/c1-4-5-21-51-39(49)43-19-17-42(18-20-43)38(48)31(14-15-36(46)53-24-28-9-6-7-10-28)41-37(47)33-23-34(30-13-12-27(2)22-32(30)40-33)52-26-35(45)44-16-8-11-29(44)25-50-3/h12-13,22-23,28-29,31H,4-11,14-21,24-26H2,1-3H3,(H,41,47). The smallest absolute Gasteiger partial charge is 0.409 e. The number of piperazine rings is 1. The van der Waals surface area contributed by atoms with E-state index in [0.29, 0.717) is 48.9 Å². The molecule has 2 aliphatic heterocycles. The van der Waals surface area contributed by atoms with Crippen molar-refractivity contribution in [3.05, 3.63) is 35.5 Å². The first-order valence-electron chi connectivity index (χ1n) is 19.2. The number of rotatable bonds is 16. The summed E-state index contributed by atoms with van der Waals surface area (Å²) in [5, 5.41) is 3.47. The van der Waals surface area contributed by atoms with E-state index in [1.54, 1.807) is 21.8 Å². The lowest BCUT2D eigenvalue weighted by Gasteiger charge is -2.36. The number of carbonyl (C=O) groups excluding carboxylic acids is 5. The zero-order valence-electron chi connectivity index (χ0n) is 31.4. The van der Waals surface area contributed by atoms with Gasteiger partial charge in [0.1, 0.15) is 17.5 Å². The molecule has 14 nitrogen and oxygen atoms in total. The number of hydrogen-bond acceptors (Lipinski definition) is 10. The van der Waals surface area contributed by atoms with Crippen LogP contribution in [0.1, 0.15) is 87.2 Å². The van der Waals surface area contributed by atoms with Crippen molar-refractivity contribution >= 4 is 40.7 Å². The second-order valence-electron chi connectivity index (χ2n) is 14.3. The SMILES string of the molecule is CCCCOC(=O)N1CCN(C(=O)C(CCC(=O)OCC2CCCC2)NC(=O)c2cc(OCC(=O)N3CCCC3COC)c3ccc(C)cc3n2)CC1. The number of benzene rings is 1. The van der Waals surface area contributed by atoms with Gasteiger partial charge in [0, 0.05) is 57.7 Å². The van der Waals surface area contributed by atoms with E-state index in [9.17, 15) is 24.0 Å². The molecule has 1 aliphatic carbocycles. The number of esters is 1. The highest BCUT2D eigenvalue weighted by atomic mass is 16.6. The molecule has 290 valence electrons. The summed E-state index contributed by atoms with van der Waals surface area (Å²) in [6, 6.07) is 5.98. The van der Waals surface area contributed by atoms with E-state index >= 15 is 0 Å². The van der Waals surface area contributed by atoms with Gasteiger partial charge in [-0.05, 0) is 69.1 Å². The first-order chi connectivity index (χ1) is 25.7. The van der Waals surface area contributed by atoms with Crippen molar-refractivity contribution in [2.75, 3.05) is 66.3 Å². The van der Waals surface area contributed by atoms with Gasteiger partial charge in [0.05, 0.1) is 31.4 Å². The molecular weight excluding hydrogens is 682 g/mol. The molecule has 4 amide bonds. The zero-order chi connectivity index (χ0) is 37.7. The number of aromatic nitrogens is 1. The fourth-order valence-electron chi connectivity index (χ4n) is 7.23. The van der Waals surface area contributed by atoms with Crippen LogP contribution in [-0.2, 0) is 28.6 Å². The van der Waals surface area contributed by atoms with Crippen molar-refractivity contribution < 1.29 is 42.9 Å². The minimum Gasteiger partial charge on any atom is -0.483 e. The van der Waals surface area contributed by atoms with Crippen LogP contribution in [0.3, 0.4) is 0 Å². The summed E-state index contributed by atoms with van der Waals surface area (Å²) >= 11 is 0. The number of amides is 4. The molecule has 0 bridgehead atoms. The summed E-state index contributed by atoms with van der Waals surface area (Å²) in [5.74, 6) is -0.911. The van der Waals surface area contributed by atoms with Gasteiger partial charge >= 0.3 is 12.1 Å². The third-order valence-corrected chi connectivity index (χ3v) is 10.3. The summed E-state index contributed by atoms with van der Waals surface area (Å²) in [5.41, 5.74) is 1.42. The molecule has 2 saturated heterocycles. The van der Waals surface area contributed by atoms with Crippen LogP contribution >= 0.6 is 0 Å². The molecule has 1 N–H and O–H groups in total. The first-order valence-corrected chi connectivity index (χ1v) is 19.2. The summed E-state index contributed by atoms with van der Waals surface area (Å²) in [6.07, 6.45) is 7.33. The van der Waals surface area contributed by atoms with E-state index in [1.165, 1.54) is 6.07 Å². The minimum absolute atomic E-state index is 0.00485. The fraction of sp³-hybridized carbons (Fsp3) is 0.641. The molecule has 0 spiro atoms. The van der Waals surface area contributed by atoms with Gasteiger partial charge in [0.25, 0.3) is 11.8 Å². The molecule has 2 atom stereocenters. The van der Waals surface area contributed by atoms with Crippen LogP contribution in [-0.4, -0.2) is 128 Å². The maximum Gasteiger partial charge on any atom is 0.409 e. The Morgan fingerprint density at radius 3 is 2.42 bits per heavy atom. The van der Waals surface area contributed by atoms with E-state index in [4.69, 9.17) is 18.9 Å². The number of likely N-dealkylation sites (tertiary alicyclic amines) is 1. The Morgan fingerprint density at radius 1 is 0.925 bits per heavy atom. The highest BCUT2D eigenvalue weighted by molar-refractivity contribution is 5.99. The third kappa shape index (κ3) is 11.0. The number of pyridine rings is 1. The molecule has 2 unspecified atom stereocenters. The van der Waals surface area contributed by atoms with Crippen molar-refractivity contribution in [2.24, 2.45) is 5.92 Å². The second-order valence-corrected chi connectivity index (χ2v) is 14.3. The molecule has 2 aromatic rings. The van der Waals surface area contributed by atoms with Crippen molar-refractivity contribution in [1.29, 1.82) is 0 Å². The van der Waals surface area contributed by atoms with Crippen LogP contribution in [0.4, 0.5) is 4.79 Å². The number of hydrogen-bond donors (Lipinski definition) is 1. The molecular formula is C39H55N5O9. The minimum atomic E-state index is -1.06. The monoisotopic (exact) mass is 737 g/mol. The van der Waals surface area contributed by atoms with Gasteiger partial charge in [-0.15, -0.1) is 0 Å². The van der Waals surface area contributed by atoms with Crippen molar-refractivity contribution in [1.82, 2.24) is 25.0 Å². The van der Waals surface area contributed by atoms with Gasteiger partial charge < -0.3 is 39.0 Å². The quantitative estimate of drug-likeness (QED) is 0.195. The number of nitrogens with one attached hydrogen (secondary N) is 1. The van der Waals surface area contributed by atoms with Crippen molar-refractivity contribution in [2.45, 2.75) is 90.1 Å². The lowest BCUT2D eigenvalue weighted by molar-refractivity contribution is -0.145. The largest absolute Gasteiger partial charge is 0.483 e. The van der Waals surface area contributed by atoms with E-state index in [0.717, 1.165) is 56.9 Å². The van der Waals surface area contributed by atoms with Crippen LogP contribution in [0.25, 0.3) is 10.9 Å². The third-order valence-electron chi connectivity index (χ3n) is 10.3. The van der Waals surface area contributed by atoms with Crippen LogP contribution in [0.15, 0.2) is 24.3 Å². The number of aryl methyl sites for hydroxylation is 1. The van der Waals surface area contributed by atoms with Gasteiger partial charge in [0.15, 0.2) is 6.61 Å². The van der Waals surface area contributed by atoms with Gasteiger partial charge in [-0.25, -0.2) is 9.78 Å². The Labute approximate surface area is 311 Å². The van der Waals surface area contributed by atoms with Crippen molar-refractivity contribution in [3.8, 4) is 5.75 Å². The number of carbonyl (C=O) groups is 5. The molecule has 5 rings (SSSR count). The fourth-order valence-corrected chi connectivity index (χ4v) is 7.23. The molecule has 3 fully saturated rings. The predicted octanol–water partition coefficient (Wildman–Crippen LogP) is 4.25. The second kappa shape index (κ2) is 19.6. The van der Waals surface area contributed by atoms with Crippen molar-refractivity contribution in [3.63, 3.8) is 0 Å². The topological polar surface area (TPSA) is 157 Å². The van der Waals surface area contributed by atoms with Crippen LogP contribution in [0.5, 0.6) is 5.75 Å². The molecule has 14 heteroatoms. The maximum absolute atomic E-state index is 14.0. The van der Waals surface area contributed by atoms with Gasteiger partial charge in [-0.1, -0.05) is 32.3 Å². The number of nitrogens with zero attached hydrogens (tertiary/aromatic N) is 4. The van der Waals surface area contributed by atoms with Gasteiger partial charge in [-0.3, -0.25) is 19.2 Å². The number of fused-ring (bicyclic) bond motifs is 1. The summed E-state index contributed by atoms with van der Waals surface area (Å²) in [7, 11) is 1.62. The molecule has 1 saturated carbocycles. The van der Waals surface area contributed by atoms with E-state index in [1.807, 2.05) is 32.0 Å².